The van der Waals surface area contributed by atoms with Crippen LogP contribution in [0.2, 0.25) is 0 Å². The highest BCUT2D eigenvalue weighted by atomic mass is 16.6. The minimum atomic E-state index is -1.21. The Balaban J connectivity index is 1.99. The van der Waals surface area contributed by atoms with Gasteiger partial charge in [0, 0.05) is 24.2 Å². The van der Waals surface area contributed by atoms with Crippen molar-refractivity contribution >= 4 is 29.6 Å². The lowest BCUT2D eigenvalue weighted by atomic mass is 10.1. The van der Waals surface area contributed by atoms with Crippen LogP contribution in [0.4, 0.5) is 0 Å². The molecule has 3 atom stereocenters. The number of amidine groups is 1. The number of nitrogens with zero attached hydrogens (tertiary/aromatic N) is 1. The topological polar surface area (TPSA) is 192 Å². The normalized spacial score (nSPS) is 18.9. The van der Waals surface area contributed by atoms with Crippen LogP contribution < -0.4 is 11.1 Å². The molecule has 1 saturated heterocycles. The van der Waals surface area contributed by atoms with Crippen LogP contribution in [0.5, 0.6) is 0 Å². The van der Waals surface area contributed by atoms with Gasteiger partial charge in [0.2, 0.25) is 5.91 Å². The number of benzene rings is 1. The zero-order chi connectivity index (χ0) is 23.1. The number of carboxylic acid groups (broad SMARTS) is 2. The third kappa shape index (κ3) is 6.76. The van der Waals surface area contributed by atoms with Gasteiger partial charge in [0.15, 0.2) is 0 Å². The van der Waals surface area contributed by atoms with E-state index < -0.39 is 55.2 Å². The monoisotopic (exact) mass is 436 g/mol. The van der Waals surface area contributed by atoms with Gasteiger partial charge in [0.05, 0.1) is 0 Å². The van der Waals surface area contributed by atoms with Crippen LogP contribution in [0.3, 0.4) is 0 Å². The summed E-state index contributed by atoms with van der Waals surface area (Å²) in [5, 5.41) is 27.5. The van der Waals surface area contributed by atoms with Crippen LogP contribution in [0.25, 0.3) is 0 Å². The summed E-state index contributed by atoms with van der Waals surface area (Å²) >= 11 is 0. The highest BCUT2D eigenvalue weighted by Crippen LogP contribution is 2.18. The number of carboxylic acids is 2. The molecule has 1 aliphatic rings. The average Bonchev–Trinajstić information content (AvgIpc) is 3.13. The quantitative estimate of drug-likeness (QED) is 0.223. The van der Waals surface area contributed by atoms with E-state index in [0.29, 0.717) is 5.56 Å². The van der Waals surface area contributed by atoms with Crippen molar-refractivity contribution < 1.29 is 38.9 Å². The number of aliphatic carboxylic acids is 2. The lowest BCUT2D eigenvalue weighted by Gasteiger charge is -2.21. The van der Waals surface area contributed by atoms with Gasteiger partial charge in [-0.05, 0) is 19.1 Å². The van der Waals surface area contributed by atoms with Crippen molar-refractivity contribution in [2.75, 3.05) is 26.3 Å². The van der Waals surface area contributed by atoms with E-state index in [1.54, 1.807) is 0 Å². The standard InChI is InChI=1S/C19H24N4O8/c1-10(22-18(28)12-4-2-11(3-5-12)17(20)21)19(29)23-6-13(30-8-15(24)25)14(7-23)31-9-16(26)27/h2-5,10,13-14H,6-9H2,1H3,(H3,20,21)(H,22,28)(H,24,25)(H,26,27)/t10?,13-,14?/m1/s1. The minimum absolute atomic E-state index is 0.0100. The number of hydrogen-bond acceptors (Lipinski definition) is 7. The largest absolute Gasteiger partial charge is 0.480 e. The molecule has 0 radical (unpaired) electrons. The van der Waals surface area contributed by atoms with E-state index in [4.69, 9.17) is 30.8 Å². The van der Waals surface area contributed by atoms with E-state index in [9.17, 15) is 19.2 Å². The Morgan fingerprint density at radius 2 is 1.52 bits per heavy atom. The molecule has 12 nitrogen and oxygen atoms in total. The zero-order valence-corrected chi connectivity index (χ0v) is 16.7. The average molecular weight is 436 g/mol. The van der Waals surface area contributed by atoms with E-state index in [1.165, 1.54) is 36.1 Å². The predicted octanol–water partition coefficient (Wildman–Crippen LogP) is -1.13. The summed E-state index contributed by atoms with van der Waals surface area (Å²) in [5.74, 6) is -3.52. The Bertz CT molecular complexity index is 831. The smallest absolute Gasteiger partial charge is 0.329 e. The van der Waals surface area contributed by atoms with E-state index >= 15 is 0 Å². The molecule has 0 spiro atoms. The molecule has 1 aromatic carbocycles. The third-order valence-electron chi connectivity index (χ3n) is 4.54. The summed E-state index contributed by atoms with van der Waals surface area (Å²) in [7, 11) is 0. The molecule has 12 heteroatoms. The van der Waals surface area contributed by atoms with Gasteiger partial charge < -0.3 is 35.6 Å². The molecule has 0 saturated carbocycles. The molecule has 2 unspecified atom stereocenters. The molecule has 6 N–H and O–H groups in total. The molecule has 2 rings (SSSR count). The van der Waals surface area contributed by atoms with Crippen LogP contribution in [-0.4, -0.2) is 89.3 Å². The molecule has 0 bridgehead atoms. The lowest BCUT2D eigenvalue weighted by molar-refractivity contribution is -0.152. The van der Waals surface area contributed by atoms with E-state index in [2.05, 4.69) is 5.32 Å². The fraction of sp³-hybridized carbons (Fsp3) is 0.421. The van der Waals surface area contributed by atoms with Crippen molar-refractivity contribution in [1.82, 2.24) is 10.2 Å². The van der Waals surface area contributed by atoms with Gasteiger partial charge in [0.25, 0.3) is 5.91 Å². The second-order valence-electron chi connectivity index (χ2n) is 6.92. The molecule has 1 aliphatic heterocycles. The number of nitrogen functional groups attached to an aromatic ring is 1. The van der Waals surface area contributed by atoms with Crippen LogP contribution in [0.15, 0.2) is 24.3 Å². The van der Waals surface area contributed by atoms with Gasteiger partial charge in [-0.25, -0.2) is 9.59 Å². The Hall–Kier alpha value is -3.51. The van der Waals surface area contributed by atoms with Crippen molar-refractivity contribution in [1.29, 1.82) is 5.41 Å². The minimum Gasteiger partial charge on any atom is -0.480 e. The number of nitrogens with two attached hydrogens (primary N) is 1. The maximum Gasteiger partial charge on any atom is 0.329 e. The number of amides is 2. The summed E-state index contributed by atoms with van der Waals surface area (Å²) in [6.45, 7) is 0.223. The molecule has 0 aromatic heterocycles. The summed E-state index contributed by atoms with van der Waals surface area (Å²) in [6.07, 6.45) is -1.64. The van der Waals surface area contributed by atoms with Gasteiger partial charge >= 0.3 is 11.9 Å². The highest BCUT2D eigenvalue weighted by Gasteiger charge is 2.39. The van der Waals surface area contributed by atoms with Crippen molar-refractivity contribution in [2.24, 2.45) is 5.73 Å². The molecule has 1 fully saturated rings. The SMILES string of the molecule is CC(NC(=O)c1ccc(C(=N)N)cc1)C(=O)N1CC(OCC(=O)O)[C@H](OCC(=O)O)C1. The van der Waals surface area contributed by atoms with Crippen molar-refractivity contribution in [3.05, 3.63) is 35.4 Å². The molecular formula is C19H24N4O8. The third-order valence-corrected chi connectivity index (χ3v) is 4.54. The fourth-order valence-electron chi connectivity index (χ4n) is 3.02. The number of rotatable bonds is 10. The van der Waals surface area contributed by atoms with Gasteiger partial charge in [-0.3, -0.25) is 15.0 Å². The molecule has 168 valence electrons. The molecular weight excluding hydrogens is 412 g/mol. The first kappa shape index (κ1) is 23.8. The van der Waals surface area contributed by atoms with Gasteiger partial charge in [0.1, 0.15) is 37.3 Å². The zero-order valence-electron chi connectivity index (χ0n) is 16.7. The summed E-state index contributed by atoms with van der Waals surface area (Å²) in [5.41, 5.74) is 6.11. The Morgan fingerprint density at radius 3 is 1.94 bits per heavy atom. The van der Waals surface area contributed by atoms with E-state index in [1.807, 2.05) is 0 Å². The molecule has 2 amide bonds. The summed E-state index contributed by atoms with van der Waals surface area (Å²) in [6, 6.07) is 5.06. The van der Waals surface area contributed by atoms with E-state index in [-0.39, 0.29) is 24.5 Å². The van der Waals surface area contributed by atoms with Gasteiger partial charge in [-0.15, -0.1) is 0 Å². The second-order valence-corrected chi connectivity index (χ2v) is 6.92. The maximum atomic E-state index is 12.7. The first-order chi connectivity index (χ1) is 14.6. The summed E-state index contributed by atoms with van der Waals surface area (Å²) in [4.78, 5) is 48.0. The Morgan fingerprint density at radius 1 is 1.06 bits per heavy atom. The van der Waals surface area contributed by atoms with Crippen molar-refractivity contribution in [3.8, 4) is 0 Å². The van der Waals surface area contributed by atoms with Crippen LogP contribution >= 0.6 is 0 Å². The maximum absolute atomic E-state index is 12.7. The number of likely N-dealkylation sites (tertiary alicyclic amines) is 1. The number of hydrogen-bond donors (Lipinski definition) is 5. The fourth-order valence-corrected chi connectivity index (χ4v) is 3.02. The Kier molecular flexibility index (Phi) is 8.05. The van der Waals surface area contributed by atoms with Gasteiger partial charge in [-0.2, -0.15) is 0 Å². The first-order valence-electron chi connectivity index (χ1n) is 9.29. The molecule has 1 aromatic rings. The predicted molar refractivity (Wildman–Crippen MR) is 106 cm³/mol. The number of ether oxygens (including phenoxy) is 2. The van der Waals surface area contributed by atoms with Crippen LogP contribution in [-0.2, 0) is 23.9 Å². The lowest BCUT2D eigenvalue weighted by Crippen LogP contribution is -2.46. The van der Waals surface area contributed by atoms with Crippen molar-refractivity contribution in [3.63, 3.8) is 0 Å². The molecule has 1 heterocycles. The second kappa shape index (κ2) is 10.5. The van der Waals surface area contributed by atoms with Crippen LogP contribution in [0, 0.1) is 5.41 Å². The first-order valence-corrected chi connectivity index (χ1v) is 9.29. The van der Waals surface area contributed by atoms with Crippen molar-refractivity contribution in [2.45, 2.75) is 25.2 Å². The number of nitrogens with one attached hydrogen (secondary N) is 2. The number of carbonyl (C=O) groups is 4. The Labute approximate surface area is 177 Å². The number of carbonyl (C=O) groups excluding carboxylic acids is 2. The summed E-state index contributed by atoms with van der Waals surface area (Å²) < 4.78 is 10.4. The molecule has 31 heavy (non-hydrogen) atoms. The van der Waals surface area contributed by atoms with Crippen LogP contribution in [0.1, 0.15) is 22.8 Å². The van der Waals surface area contributed by atoms with E-state index in [0.717, 1.165) is 0 Å². The highest BCUT2D eigenvalue weighted by molar-refractivity contribution is 5.99. The molecule has 0 aliphatic carbocycles. The van der Waals surface area contributed by atoms with Gasteiger partial charge in [-0.1, -0.05) is 12.1 Å².